The molecule has 1 saturated heterocycles. The maximum atomic E-state index is 14.7. The Labute approximate surface area is 321 Å². The fraction of sp³-hybridized carbons (Fsp3) is 0.538. The first-order chi connectivity index (χ1) is 26.1. The highest BCUT2D eigenvalue weighted by atomic mass is 32.2. The number of hydrogen-bond acceptors (Lipinski definition) is 10. The van der Waals surface area contributed by atoms with Gasteiger partial charge in [-0.1, -0.05) is 70.4 Å². The molecular weight excluding hydrogens is 729 g/mol. The lowest BCUT2D eigenvalue weighted by Crippen LogP contribution is -2.59. The lowest BCUT2D eigenvalue weighted by Gasteiger charge is -2.34. The van der Waals surface area contributed by atoms with Crippen LogP contribution in [-0.2, 0) is 47.0 Å². The molecule has 3 heterocycles. The van der Waals surface area contributed by atoms with Gasteiger partial charge in [-0.15, -0.1) is 6.58 Å². The number of nitrogens with zero attached hydrogens (tertiary/aromatic N) is 3. The van der Waals surface area contributed by atoms with Gasteiger partial charge in [0.05, 0.1) is 36.8 Å². The van der Waals surface area contributed by atoms with Gasteiger partial charge in [-0.05, 0) is 54.4 Å². The molecule has 0 spiro atoms. The zero-order valence-electron chi connectivity index (χ0n) is 31.5. The van der Waals surface area contributed by atoms with E-state index in [0.717, 1.165) is 30.5 Å². The van der Waals surface area contributed by atoms with Crippen molar-refractivity contribution in [3.05, 3.63) is 72.6 Å². The summed E-state index contributed by atoms with van der Waals surface area (Å²) in [6.45, 7) is 10.00. The lowest BCUT2D eigenvalue weighted by molar-refractivity contribution is -0.142. The van der Waals surface area contributed by atoms with Crippen LogP contribution in [0.2, 0.25) is 0 Å². The number of rotatable bonds is 11. The normalized spacial score (nSPS) is 24.2. The predicted molar refractivity (Wildman–Crippen MR) is 199 cm³/mol. The summed E-state index contributed by atoms with van der Waals surface area (Å²) in [6, 6.07) is 8.76. The number of carbonyl (C=O) groups excluding carboxylic acids is 5. The van der Waals surface area contributed by atoms with Gasteiger partial charge in [-0.2, -0.15) is 0 Å². The number of pyridine rings is 1. The first kappa shape index (κ1) is 39.7. The average molecular weight is 779 g/mol. The molecule has 5 atom stereocenters. The van der Waals surface area contributed by atoms with E-state index in [-0.39, 0.29) is 55.3 Å². The Morgan fingerprint density at radius 2 is 1.76 bits per heavy atom. The Kier molecular flexibility index (Phi) is 11.6. The minimum absolute atomic E-state index is 0.0763. The molecule has 3 N–H and O–H groups in total. The van der Waals surface area contributed by atoms with Crippen LogP contribution in [0.3, 0.4) is 0 Å². The second kappa shape index (κ2) is 16.0. The zero-order valence-corrected chi connectivity index (χ0v) is 32.3. The van der Waals surface area contributed by atoms with Crippen molar-refractivity contribution in [2.24, 2.45) is 17.3 Å². The van der Waals surface area contributed by atoms with Crippen LogP contribution in [0.1, 0.15) is 77.0 Å². The monoisotopic (exact) mass is 778 g/mol. The van der Waals surface area contributed by atoms with Gasteiger partial charge in [-0.25, -0.2) is 22.7 Å². The number of benzene rings is 1. The fourth-order valence-corrected chi connectivity index (χ4v) is 8.67. The average Bonchev–Trinajstić information content (AvgIpc) is 3.46. The summed E-state index contributed by atoms with van der Waals surface area (Å²) in [6.07, 6.45) is 4.82. The number of fused-ring (bicyclic) bond motifs is 1. The molecule has 2 saturated carbocycles. The third-order valence-corrected chi connectivity index (χ3v) is 12.0. The topological polar surface area (TPSA) is 193 Å². The summed E-state index contributed by atoms with van der Waals surface area (Å²) in [7, 11) is -4.28. The Bertz CT molecular complexity index is 1890. The number of sulfonamides is 1. The highest BCUT2D eigenvalue weighted by molar-refractivity contribution is 7.90. The van der Waals surface area contributed by atoms with Gasteiger partial charge in [-0.3, -0.25) is 24.3 Å². The Morgan fingerprint density at radius 1 is 1.04 bits per heavy atom. The standard InChI is InChI=1S/C39H50N6O9S/c1-5-27-20-39(27,35(48)43-55(51,52)29-16-10-7-11-17-29)42-33(46)31-19-28(54-37(50)44-21-26-15-12-18-40-30(26)23-44)22-45(31)34(47)32(25-13-8-6-9-14-25)41-36(49)53-24-38(2,3)4/h5,7,10-12,15-18,25,27-28,31-32H,1,6,8-9,13-14,19-24H2,2-4H3,(H,41,49)(H,42,46)(H,43,48)/t27-,28-,31+,32+,39-/m1/s1. The number of alkyl carbamates (subject to hydrolysis) is 1. The molecule has 2 aromatic rings. The van der Waals surface area contributed by atoms with Crippen molar-refractivity contribution in [3.8, 4) is 0 Å². The van der Waals surface area contributed by atoms with E-state index in [9.17, 15) is 32.4 Å². The second-order valence-electron chi connectivity index (χ2n) is 16.1. The fourth-order valence-electron chi connectivity index (χ4n) is 7.61. The molecule has 296 valence electrons. The summed E-state index contributed by atoms with van der Waals surface area (Å²) < 4.78 is 39.7. The van der Waals surface area contributed by atoms with E-state index in [1.807, 2.05) is 26.8 Å². The number of ether oxygens (including phenoxy) is 2. The van der Waals surface area contributed by atoms with Crippen molar-refractivity contribution in [1.82, 2.24) is 30.1 Å². The van der Waals surface area contributed by atoms with E-state index in [1.54, 1.807) is 18.3 Å². The largest absolute Gasteiger partial charge is 0.449 e. The molecule has 16 heteroatoms. The van der Waals surface area contributed by atoms with E-state index >= 15 is 0 Å². The first-order valence-electron chi connectivity index (χ1n) is 18.8. The van der Waals surface area contributed by atoms with Gasteiger partial charge in [0.15, 0.2) is 0 Å². The Balaban J connectivity index is 1.24. The maximum absolute atomic E-state index is 14.7. The highest BCUT2D eigenvalue weighted by Crippen LogP contribution is 2.45. The molecule has 0 radical (unpaired) electrons. The third kappa shape index (κ3) is 9.11. The van der Waals surface area contributed by atoms with Crippen LogP contribution in [0.5, 0.6) is 0 Å². The van der Waals surface area contributed by atoms with Gasteiger partial charge in [0.25, 0.3) is 15.9 Å². The number of aromatic nitrogens is 1. The summed E-state index contributed by atoms with van der Waals surface area (Å²) >= 11 is 0. The quantitative estimate of drug-likeness (QED) is 0.283. The van der Waals surface area contributed by atoms with E-state index in [1.165, 1.54) is 40.1 Å². The van der Waals surface area contributed by atoms with Crippen molar-refractivity contribution in [2.75, 3.05) is 13.2 Å². The number of carbonyl (C=O) groups is 5. The van der Waals surface area contributed by atoms with Crippen LogP contribution in [0.4, 0.5) is 9.59 Å². The summed E-state index contributed by atoms with van der Waals surface area (Å²) in [5.41, 5.74) is -0.341. The number of likely N-dealkylation sites (tertiary alicyclic amines) is 1. The zero-order chi connectivity index (χ0) is 39.5. The Hall–Kier alpha value is -4.99. The number of amides is 5. The molecule has 3 fully saturated rings. The molecular formula is C39H50N6O9S. The number of hydrogen-bond donors (Lipinski definition) is 3. The van der Waals surface area contributed by atoms with Gasteiger partial charge >= 0.3 is 12.2 Å². The predicted octanol–water partition coefficient (Wildman–Crippen LogP) is 3.79. The van der Waals surface area contributed by atoms with Crippen LogP contribution >= 0.6 is 0 Å². The van der Waals surface area contributed by atoms with Crippen LogP contribution in [0.25, 0.3) is 0 Å². The van der Waals surface area contributed by atoms with Crippen LogP contribution in [0.15, 0.2) is 66.2 Å². The van der Waals surface area contributed by atoms with Crippen molar-refractivity contribution in [3.63, 3.8) is 0 Å². The molecule has 1 aromatic heterocycles. The second-order valence-corrected chi connectivity index (χ2v) is 17.8. The minimum Gasteiger partial charge on any atom is -0.449 e. The summed E-state index contributed by atoms with van der Waals surface area (Å²) in [5.74, 6) is -3.06. The molecule has 1 aromatic carbocycles. The highest BCUT2D eigenvalue weighted by Gasteiger charge is 2.61. The smallest absolute Gasteiger partial charge is 0.410 e. The van der Waals surface area contributed by atoms with E-state index in [2.05, 4.69) is 26.9 Å². The van der Waals surface area contributed by atoms with Gasteiger partial charge in [0.1, 0.15) is 23.7 Å². The SMILES string of the molecule is C=C[C@@H]1C[C@]1(NC(=O)[C@@H]1C[C@@H](OC(=O)N2Cc3cccnc3C2)CN1C(=O)[C@@H](NC(=O)OCC(C)(C)C)C1CCCCC1)C(=O)NS(=O)(=O)c1ccccc1. The summed E-state index contributed by atoms with van der Waals surface area (Å²) in [4.78, 5) is 76.3. The van der Waals surface area contributed by atoms with Gasteiger partial charge in [0.2, 0.25) is 11.8 Å². The van der Waals surface area contributed by atoms with Crippen LogP contribution in [-0.4, -0.2) is 90.0 Å². The number of nitrogens with one attached hydrogen (secondary N) is 3. The van der Waals surface area contributed by atoms with Crippen LogP contribution < -0.4 is 15.4 Å². The lowest BCUT2D eigenvalue weighted by atomic mass is 9.83. The molecule has 0 unspecified atom stereocenters. The first-order valence-corrected chi connectivity index (χ1v) is 20.3. The molecule has 5 amide bonds. The minimum atomic E-state index is -4.28. The third-order valence-electron chi connectivity index (χ3n) is 10.7. The molecule has 4 aliphatic rings. The maximum Gasteiger partial charge on any atom is 0.410 e. The molecule has 15 nitrogen and oxygen atoms in total. The Morgan fingerprint density at radius 3 is 2.42 bits per heavy atom. The molecule has 0 bridgehead atoms. The van der Waals surface area contributed by atoms with Gasteiger partial charge < -0.3 is 25.0 Å². The van der Waals surface area contributed by atoms with Crippen molar-refractivity contribution in [1.29, 1.82) is 0 Å². The van der Waals surface area contributed by atoms with Crippen molar-refractivity contribution < 1.29 is 41.9 Å². The van der Waals surface area contributed by atoms with Crippen molar-refractivity contribution in [2.45, 2.75) is 107 Å². The molecule has 55 heavy (non-hydrogen) atoms. The van der Waals surface area contributed by atoms with Crippen molar-refractivity contribution >= 4 is 39.9 Å². The molecule has 2 aliphatic carbocycles. The van der Waals surface area contributed by atoms with E-state index < -0.39 is 69.6 Å². The summed E-state index contributed by atoms with van der Waals surface area (Å²) in [5, 5.41) is 5.55. The molecule has 2 aliphatic heterocycles. The van der Waals surface area contributed by atoms with Crippen LogP contribution in [0, 0.1) is 17.3 Å². The van der Waals surface area contributed by atoms with E-state index in [4.69, 9.17) is 9.47 Å². The van der Waals surface area contributed by atoms with E-state index in [0.29, 0.717) is 12.8 Å². The van der Waals surface area contributed by atoms with Gasteiger partial charge in [0, 0.05) is 18.5 Å². The molecule has 6 rings (SSSR count).